The number of carbonyl (C=O) groups is 1. The van der Waals surface area contributed by atoms with E-state index < -0.39 is 11.6 Å². The molecule has 28 heavy (non-hydrogen) atoms. The van der Waals surface area contributed by atoms with Crippen molar-refractivity contribution in [1.29, 1.82) is 0 Å². The number of likely N-dealkylation sites (tertiary alicyclic amines) is 2. The quantitative estimate of drug-likeness (QED) is 0.788. The standard InChI is InChI=1S/C20H25F2N5O/c21-18-3-1-2-17(20(18)22)10-25-7-4-15(5-8-25)16-6-9-26(11-16)19(28)12-27-14-23-13-24-27/h1-3,13-16H,4-12H2/t16-/m0/s1. The first-order chi connectivity index (χ1) is 13.6. The number of amides is 1. The number of nitrogens with zero attached hydrogens (tertiary/aromatic N) is 5. The second-order valence-corrected chi connectivity index (χ2v) is 7.81. The molecule has 2 aliphatic heterocycles. The van der Waals surface area contributed by atoms with Crippen molar-refractivity contribution >= 4 is 5.91 Å². The van der Waals surface area contributed by atoms with Crippen LogP contribution in [0.1, 0.15) is 24.8 Å². The van der Waals surface area contributed by atoms with E-state index in [0.717, 1.165) is 51.5 Å². The highest BCUT2D eigenvalue weighted by molar-refractivity contribution is 5.76. The van der Waals surface area contributed by atoms with Crippen molar-refractivity contribution in [3.63, 3.8) is 0 Å². The van der Waals surface area contributed by atoms with Crippen molar-refractivity contribution < 1.29 is 13.6 Å². The Hall–Kier alpha value is -2.35. The first-order valence-electron chi connectivity index (χ1n) is 9.85. The molecule has 8 heteroatoms. The molecule has 0 radical (unpaired) electrons. The van der Waals surface area contributed by atoms with Gasteiger partial charge in [0.15, 0.2) is 11.6 Å². The van der Waals surface area contributed by atoms with E-state index in [1.54, 1.807) is 23.1 Å². The summed E-state index contributed by atoms with van der Waals surface area (Å²) in [5.74, 6) is -0.325. The van der Waals surface area contributed by atoms with Crippen LogP contribution >= 0.6 is 0 Å². The van der Waals surface area contributed by atoms with Crippen LogP contribution in [0.15, 0.2) is 30.9 Å². The van der Waals surface area contributed by atoms with Crippen LogP contribution < -0.4 is 0 Å². The maximum atomic E-state index is 13.9. The summed E-state index contributed by atoms with van der Waals surface area (Å²) >= 11 is 0. The molecule has 0 aliphatic carbocycles. The SMILES string of the molecule is O=C(Cn1cncn1)N1CC[C@H](C2CCN(Cc3cccc(F)c3F)CC2)C1. The fourth-order valence-corrected chi connectivity index (χ4v) is 4.45. The lowest BCUT2D eigenvalue weighted by Crippen LogP contribution is -2.37. The molecule has 1 aromatic heterocycles. The van der Waals surface area contributed by atoms with Crippen LogP contribution in [0, 0.1) is 23.5 Å². The topological polar surface area (TPSA) is 54.3 Å². The van der Waals surface area contributed by atoms with E-state index in [1.165, 1.54) is 6.33 Å². The highest BCUT2D eigenvalue weighted by Gasteiger charge is 2.33. The molecule has 4 rings (SSSR count). The maximum Gasteiger partial charge on any atom is 0.244 e. The fourth-order valence-electron chi connectivity index (χ4n) is 4.45. The number of carbonyl (C=O) groups excluding carboxylic acids is 1. The lowest BCUT2D eigenvalue weighted by molar-refractivity contribution is -0.131. The largest absolute Gasteiger partial charge is 0.341 e. The number of aromatic nitrogens is 3. The van der Waals surface area contributed by atoms with Gasteiger partial charge in [0.25, 0.3) is 0 Å². The van der Waals surface area contributed by atoms with Gasteiger partial charge in [0.1, 0.15) is 19.2 Å². The van der Waals surface area contributed by atoms with E-state index in [9.17, 15) is 13.6 Å². The minimum absolute atomic E-state index is 0.0898. The third kappa shape index (κ3) is 4.22. The van der Waals surface area contributed by atoms with E-state index in [0.29, 0.717) is 23.9 Å². The average molecular weight is 389 g/mol. The molecule has 1 aromatic carbocycles. The summed E-state index contributed by atoms with van der Waals surface area (Å²) in [6.45, 7) is 4.05. The first kappa shape index (κ1) is 19.0. The molecule has 2 aliphatic rings. The van der Waals surface area contributed by atoms with Crippen LogP contribution in [-0.2, 0) is 17.9 Å². The molecule has 0 bridgehead atoms. The molecule has 2 aromatic rings. The smallest absolute Gasteiger partial charge is 0.244 e. The number of piperidine rings is 1. The van der Waals surface area contributed by atoms with Gasteiger partial charge in [0.2, 0.25) is 5.91 Å². The average Bonchev–Trinajstić information content (AvgIpc) is 3.38. The van der Waals surface area contributed by atoms with Gasteiger partial charge in [0.05, 0.1) is 0 Å². The molecule has 2 saturated heterocycles. The molecule has 2 fully saturated rings. The molecule has 0 N–H and O–H groups in total. The second-order valence-electron chi connectivity index (χ2n) is 7.81. The Morgan fingerprint density at radius 3 is 2.64 bits per heavy atom. The molecule has 1 amide bonds. The first-order valence-corrected chi connectivity index (χ1v) is 9.85. The van der Waals surface area contributed by atoms with E-state index in [2.05, 4.69) is 15.0 Å². The summed E-state index contributed by atoms with van der Waals surface area (Å²) in [7, 11) is 0. The van der Waals surface area contributed by atoms with Crippen LogP contribution in [0.5, 0.6) is 0 Å². The van der Waals surface area contributed by atoms with Gasteiger partial charge in [0, 0.05) is 25.2 Å². The van der Waals surface area contributed by atoms with Gasteiger partial charge >= 0.3 is 0 Å². The van der Waals surface area contributed by atoms with Crippen LogP contribution in [0.3, 0.4) is 0 Å². The highest BCUT2D eigenvalue weighted by Crippen LogP contribution is 2.32. The Kier molecular flexibility index (Phi) is 5.66. The van der Waals surface area contributed by atoms with E-state index in [4.69, 9.17) is 0 Å². The van der Waals surface area contributed by atoms with E-state index in [1.807, 2.05) is 4.90 Å². The third-order valence-corrected chi connectivity index (χ3v) is 6.07. The van der Waals surface area contributed by atoms with Crippen molar-refractivity contribution in [3.05, 3.63) is 48.1 Å². The van der Waals surface area contributed by atoms with Gasteiger partial charge in [-0.3, -0.25) is 9.69 Å². The summed E-state index contributed by atoms with van der Waals surface area (Å²) in [6, 6.07) is 4.37. The van der Waals surface area contributed by atoms with Crippen molar-refractivity contribution in [2.24, 2.45) is 11.8 Å². The molecule has 0 saturated carbocycles. The van der Waals surface area contributed by atoms with Gasteiger partial charge in [-0.2, -0.15) is 5.10 Å². The van der Waals surface area contributed by atoms with E-state index in [-0.39, 0.29) is 12.5 Å². The minimum atomic E-state index is -0.783. The second kappa shape index (κ2) is 8.34. The predicted molar refractivity (Wildman–Crippen MR) is 99.1 cm³/mol. The lowest BCUT2D eigenvalue weighted by Gasteiger charge is -2.35. The summed E-state index contributed by atoms with van der Waals surface area (Å²) in [5, 5.41) is 3.99. The zero-order chi connectivity index (χ0) is 19.5. The normalized spacial score (nSPS) is 21.4. The summed E-state index contributed by atoms with van der Waals surface area (Å²) in [5.41, 5.74) is 0.421. The molecular weight excluding hydrogens is 364 g/mol. The molecule has 150 valence electrons. The predicted octanol–water partition coefficient (Wildman–Crippen LogP) is 2.32. The fraction of sp³-hybridized carbons (Fsp3) is 0.550. The summed E-state index contributed by atoms with van der Waals surface area (Å²) in [4.78, 5) is 20.4. The maximum absolute atomic E-state index is 13.9. The number of rotatable bonds is 5. The Bertz CT molecular complexity index is 805. The van der Waals surface area contributed by atoms with Gasteiger partial charge in [-0.1, -0.05) is 12.1 Å². The Morgan fingerprint density at radius 1 is 1.11 bits per heavy atom. The Morgan fingerprint density at radius 2 is 1.89 bits per heavy atom. The molecule has 3 heterocycles. The molecule has 6 nitrogen and oxygen atoms in total. The number of halogens is 2. The van der Waals surface area contributed by atoms with E-state index >= 15 is 0 Å². The van der Waals surface area contributed by atoms with Crippen molar-refractivity contribution in [1.82, 2.24) is 24.6 Å². The molecule has 1 atom stereocenters. The lowest BCUT2D eigenvalue weighted by atomic mass is 9.83. The van der Waals surface area contributed by atoms with Crippen molar-refractivity contribution in [2.45, 2.75) is 32.4 Å². The van der Waals surface area contributed by atoms with Gasteiger partial charge in [-0.15, -0.1) is 0 Å². The molecule has 0 spiro atoms. The summed E-state index contributed by atoms with van der Waals surface area (Å²) in [6.07, 6.45) is 6.10. The Balaban J connectivity index is 1.25. The molecular formula is C20H25F2N5O. The van der Waals surface area contributed by atoms with Crippen LogP contribution in [0.2, 0.25) is 0 Å². The van der Waals surface area contributed by atoms with Gasteiger partial charge in [-0.05, 0) is 50.3 Å². The number of hydrogen-bond acceptors (Lipinski definition) is 4. The van der Waals surface area contributed by atoms with Crippen molar-refractivity contribution in [3.8, 4) is 0 Å². The monoisotopic (exact) mass is 389 g/mol. The van der Waals surface area contributed by atoms with Gasteiger partial charge in [-0.25, -0.2) is 18.4 Å². The third-order valence-electron chi connectivity index (χ3n) is 6.07. The summed E-state index contributed by atoms with van der Waals surface area (Å²) < 4.78 is 28.8. The molecule has 0 unspecified atom stereocenters. The van der Waals surface area contributed by atoms with Crippen LogP contribution in [0.4, 0.5) is 8.78 Å². The van der Waals surface area contributed by atoms with Crippen LogP contribution in [-0.4, -0.2) is 56.7 Å². The van der Waals surface area contributed by atoms with Crippen LogP contribution in [0.25, 0.3) is 0 Å². The van der Waals surface area contributed by atoms with Gasteiger partial charge < -0.3 is 4.90 Å². The highest BCUT2D eigenvalue weighted by atomic mass is 19.2. The minimum Gasteiger partial charge on any atom is -0.341 e. The van der Waals surface area contributed by atoms with Crippen molar-refractivity contribution in [2.75, 3.05) is 26.2 Å². The Labute approximate surface area is 163 Å². The number of benzene rings is 1. The number of hydrogen-bond donors (Lipinski definition) is 0. The zero-order valence-corrected chi connectivity index (χ0v) is 15.8. The zero-order valence-electron chi connectivity index (χ0n) is 15.8.